The van der Waals surface area contributed by atoms with Crippen molar-refractivity contribution in [3.05, 3.63) is 70.1 Å². The lowest BCUT2D eigenvalue weighted by Crippen LogP contribution is -2.22. The van der Waals surface area contributed by atoms with Crippen LogP contribution in [0.25, 0.3) is 10.9 Å². The largest absolute Gasteiger partial charge is 0.366 e. The van der Waals surface area contributed by atoms with Crippen molar-refractivity contribution in [2.75, 3.05) is 20.6 Å². The summed E-state index contributed by atoms with van der Waals surface area (Å²) in [6.45, 7) is 0.886. The molecule has 5 nitrogen and oxygen atoms in total. The van der Waals surface area contributed by atoms with Gasteiger partial charge in [-0.1, -0.05) is 40.2 Å². The minimum Gasteiger partial charge on any atom is -0.366 e. The predicted octanol–water partition coefficient (Wildman–Crippen LogP) is 3.38. The molecule has 1 atom stereocenters. The van der Waals surface area contributed by atoms with E-state index in [1.54, 1.807) is 6.07 Å². The van der Waals surface area contributed by atoms with E-state index in [2.05, 4.69) is 57.0 Å². The van der Waals surface area contributed by atoms with Crippen LogP contribution in [0.2, 0.25) is 0 Å². The lowest BCUT2D eigenvalue weighted by Gasteiger charge is -2.22. The van der Waals surface area contributed by atoms with Crippen LogP contribution in [0, 0.1) is 0 Å². The molecule has 3 rings (SSSR count). The number of carbonyl (C=O) groups excluding carboxylic acids is 1. The number of aromatic nitrogens is 2. The lowest BCUT2D eigenvalue weighted by molar-refractivity contribution is 0.100. The van der Waals surface area contributed by atoms with Crippen LogP contribution >= 0.6 is 15.9 Å². The summed E-state index contributed by atoms with van der Waals surface area (Å²) in [5, 5.41) is 0.877. The molecule has 0 aliphatic heterocycles. The van der Waals surface area contributed by atoms with Crippen molar-refractivity contribution < 1.29 is 4.79 Å². The molecule has 6 heteroatoms. The van der Waals surface area contributed by atoms with Crippen LogP contribution in [0.15, 0.2) is 53.3 Å². The van der Waals surface area contributed by atoms with E-state index in [1.165, 1.54) is 11.9 Å². The molecule has 1 unspecified atom stereocenters. The highest BCUT2D eigenvalue weighted by atomic mass is 79.9. The number of amides is 1. The zero-order valence-corrected chi connectivity index (χ0v) is 16.4. The average molecular weight is 413 g/mol. The number of hydrogen-bond acceptors (Lipinski definition) is 4. The molecule has 0 radical (unpaired) electrons. The number of nitrogens with zero attached hydrogens (tertiary/aromatic N) is 3. The monoisotopic (exact) mass is 412 g/mol. The number of primary amides is 1. The molecule has 0 spiro atoms. The molecule has 0 saturated heterocycles. The molecule has 2 N–H and O–H groups in total. The third kappa shape index (κ3) is 4.08. The Kier molecular flexibility index (Phi) is 5.64. The summed E-state index contributed by atoms with van der Waals surface area (Å²) in [6, 6.07) is 13.8. The van der Waals surface area contributed by atoms with Crippen molar-refractivity contribution >= 4 is 32.7 Å². The van der Waals surface area contributed by atoms with E-state index >= 15 is 0 Å². The Balaban J connectivity index is 2.04. The molecule has 1 amide bonds. The number of fused-ring (bicyclic) bond motifs is 1. The molecule has 26 heavy (non-hydrogen) atoms. The number of halogens is 1. The second kappa shape index (κ2) is 7.93. The molecular formula is C20H21BrN4O. The Bertz CT molecular complexity index is 942. The Morgan fingerprint density at radius 3 is 2.65 bits per heavy atom. The molecule has 0 aliphatic rings. The van der Waals surface area contributed by atoms with E-state index in [0.29, 0.717) is 11.1 Å². The normalized spacial score (nSPS) is 12.5. The number of rotatable bonds is 6. The zero-order chi connectivity index (χ0) is 18.7. The van der Waals surface area contributed by atoms with Crippen molar-refractivity contribution in [3.63, 3.8) is 0 Å². The first-order valence-electron chi connectivity index (χ1n) is 8.38. The van der Waals surface area contributed by atoms with Gasteiger partial charge in [0.2, 0.25) is 0 Å². The third-order valence-electron chi connectivity index (χ3n) is 4.36. The topological polar surface area (TPSA) is 72.1 Å². The molecule has 2 aromatic carbocycles. The number of carbonyl (C=O) groups is 1. The molecule has 3 aromatic rings. The maximum absolute atomic E-state index is 11.7. The van der Waals surface area contributed by atoms with Crippen molar-refractivity contribution in [1.82, 2.24) is 14.9 Å². The summed E-state index contributed by atoms with van der Waals surface area (Å²) in [4.78, 5) is 22.7. The fourth-order valence-electron chi connectivity index (χ4n) is 3.23. The van der Waals surface area contributed by atoms with Gasteiger partial charge in [-0.2, -0.15) is 0 Å². The van der Waals surface area contributed by atoms with Gasteiger partial charge in [0.15, 0.2) is 0 Å². The van der Waals surface area contributed by atoms with E-state index in [9.17, 15) is 4.79 Å². The molecule has 1 aromatic heterocycles. The molecule has 134 valence electrons. The second-order valence-corrected chi connectivity index (χ2v) is 7.52. The van der Waals surface area contributed by atoms with Crippen LogP contribution in [-0.4, -0.2) is 41.4 Å². The van der Waals surface area contributed by atoms with E-state index in [-0.39, 0.29) is 5.92 Å². The summed E-state index contributed by atoms with van der Waals surface area (Å²) in [5.74, 6) is -0.213. The summed E-state index contributed by atoms with van der Waals surface area (Å²) >= 11 is 3.56. The van der Waals surface area contributed by atoms with Crippen LogP contribution in [0.3, 0.4) is 0 Å². The Hall–Kier alpha value is -2.31. The standard InChI is InChI=1S/C20H21BrN4O/c1-25(2)11-14(13-5-3-6-15(21)9-13)10-18-16-7-4-8-17(20(22)26)19(16)24-12-23-18/h3-9,12,14H,10-11H2,1-2H3,(H2,22,26). The second-order valence-electron chi connectivity index (χ2n) is 6.60. The number of likely N-dealkylation sites (N-methyl/N-ethyl adjacent to an activating group) is 1. The molecule has 1 heterocycles. The fraction of sp³-hybridized carbons (Fsp3) is 0.250. The van der Waals surface area contributed by atoms with Crippen molar-refractivity contribution in [1.29, 1.82) is 0 Å². The summed E-state index contributed by atoms with van der Waals surface area (Å²) in [6.07, 6.45) is 2.26. The highest BCUT2D eigenvalue weighted by Gasteiger charge is 2.18. The van der Waals surface area contributed by atoms with Gasteiger partial charge in [0.25, 0.3) is 5.91 Å². The van der Waals surface area contributed by atoms with E-state index in [1.807, 2.05) is 24.3 Å². The summed E-state index contributed by atoms with van der Waals surface area (Å²) < 4.78 is 1.06. The Morgan fingerprint density at radius 2 is 1.96 bits per heavy atom. The summed E-state index contributed by atoms with van der Waals surface area (Å²) in [5.41, 5.74) is 8.70. The highest BCUT2D eigenvalue weighted by molar-refractivity contribution is 9.10. The molecule has 0 fully saturated rings. The molecular weight excluding hydrogens is 392 g/mol. The van der Waals surface area contributed by atoms with Gasteiger partial charge < -0.3 is 10.6 Å². The van der Waals surface area contributed by atoms with Crippen molar-refractivity contribution in [2.24, 2.45) is 5.73 Å². The highest BCUT2D eigenvalue weighted by Crippen LogP contribution is 2.27. The number of hydrogen-bond donors (Lipinski definition) is 1. The van der Waals surface area contributed by atoms with Crippen LogP contribution in [0.4, 0.5) is 0 Å². The number of nitrogens with two attached hydrogens (primary N) is 1. The van der Waals surface area contributed by atoms with Crippen LogP contribution in [-0.2, 0) is 6.42 Å². The molecule has 0 saturated carbocycles. The van der Waals surface area contributed by atoms with Gasteiger partial charge in [0.1, 0.15) is 6.33 Å². The number of benzene rings is 2. The number of para-hydroxylation sites is 1. The smallest absolute Gasteiger partial charge is 0.250 e. The molecule has 0 aliphatic carbocycles. The van der Waals surface area contributed by atoms with E-state index in [4.69, 9.17) is 5.73 Å². The van der Waals surface area contributed by atoms with Crippen molar-refractivity contribution in [2.45, 2.75) is 12.3 Å². The predicted molar refractivity (Wildman–Crippen MR) is 107 cm³/mol. The maximum atomic E-state index is 11.7. The van der Waals surface area contributed by atoms with Crippen molar-refractivity contribution in [3.8, 4) is 0 Å². The minimum absolute atomic E-state index is 0.262. The maximum Gasteiger partial charge on any atom is 0.250 e. The Labute approximate surface area is 161 Å². The minimum atomic E-state index is -0.475. The Morgan fingerprint density at radius 1 is 1.19 bits per heavy atom. The SMILES string of the molecule is CN(C)CC(Cc1ncnc2c(C(N)=O)cccc12)c1cccc(Br)c1. The van der Waals surface area contributed by atoms with Crippen LogP contribution in [0.5, 0.6) is 0 Å². The van der Waals surface area contributed by atoms with Gasteiger partial charge in [-0.15, -0.1) is 0 Å². The van der Waals surface area contributed by atoms with Gasteiger partial charge in [-0.3, -0.25) is 4.79 Å². The van der Waals surface area contributed by atoms with E-state index < -0.39 is 5.91 Å². The molecule has 0 bridgehead atoms. The van der Waals surface area contributed by atoms with Crippen LogP contribution < -0.4 is 5.73 Å². The average Bonchev–Trinajstić information content (AvgIpc) is 2.60. The lowest BCUT2D eigenvalue weighted by atomic mass is 9.92. The summed E-state index contributed by atoms with van der Waals surface area (Å²) in [7, 11) is 4.13. The third-order valence-corrected chi connectivity index (χ3v) is 4.85. The quantitative estimate of drug-likeness (QED) is 0.673. The first-order valence-corrected chi connectivity index (χ1v) is 9.17. The van der Waals surface area contributed by atoms with Gasteiger partial charge in [-0.05, 0) is 44.3 Å². The zero-order valence-electron chi connectivity index (χ0n) is 14.8. The fourth-order valence-corrected chi connectivity index (χ4v) is 3.64. The van der Waals surface area contributed by atoms with Gasteiger partial charge in [0, 0.05) is 22.3 Å². The van der Waals surface area contributed by atoms with Gasteiger partial charge in [-0.25, -0.2) is 9.97 Å². The van der Waals surface area contributed by atoms with E-state index in [0.717, 1.165) is 28.5 Å². The van der Waals surface area contributed by atoms with Gasteiger partial charge in [0.05, 0.1) is 16.8 Å². The first kappa shape index (κ1) is 18.5. The van der Waals surface area contributed by atoms with Gasteiger partial charge >= 0.3 is 0 Å². The van der Waals surface area contributed by atoms with Crippen LogP contribution in [0.1, 0.15) is 27.5 Å². The first-order chi connectivity index (χ1) is 12.5.